The summed E-state index contributed by atoms with van der Waals surface area (Å²) >= 11 is 0. The van der Waals surface area contributed by atoms with Gasteiger partial charge in [0.25, 0.3) is 17.7 Å². The van der Waals surface area contributed by atoms with Gasteiger partial charge in [0.05, 0.1) is 17.7 Å². The van der Waals surface area contributed by atoms with Crippen molar-refractivity contribution in [2.24, 2.45) is 5.73 Å². The molecule has 0 bridgehead atoms. The molecular weight excluding hydrogens is 354 g/mol. The predicted octanol–water partition coefficient (Wildman–Crippen LogP) is 2.48. The van der Waals surface area contributed by atoms with Gasteiger partial charge in [-0.15, -0.1) is 0 Å². The Labute approximate surface area is 163 Å². The van der Waals surface area contributed by atoms with E-state index in [-0.39, 0.29) is 36.3 Å². The minimum atomic E-state index is -0.359. The molecule has 4 rings (SSSR count). The zero-order valence-corrected chi connectivity index (χ0v) is 15.6. The van der Waals surface area contributed by atoms with Crippen molar-refractivity contribution < 1.29 is 14.4 Å². The van der Waals surface area contributed by atoms with Crippen molar-refractivity contribution in [3.63, 3.8) is 0 Å². The van der Waals surface area contributed by atoms with E-state index in [1.54, 1.807) is 12.1 Å². The van der Waals surface area contributed by atoms with Gasteiger partial charge in [-0.05, 0) is 49.4 Å². The Morgan fingerprint density at radius 3 is 2.36 bits per heavy atom. The molecule has 2 aromatic carbocycles. The van der Waals surface area contributed by atoms with Crippen LogP contribution in [0.1, 0.15) is 62.3 Å². The van der Waals surface area contributed by atoms with Crippen LogP contribution in [0.15, 0.2) is 48.5 Å². The van der Waals surface area contributed by atoms with Crippen molar-refractivity contribution in [1.29, 1.82) is 0 Å². The number of amides is 3. The number of carbonyl (C=O) groups is 3. The third kappa shape index (κ3) is 3.55. The maximum atomic E-state index is 12.8. The van der Waals surface area contributed by atoms with Crippen molar-refractivity contribution in [1.82, 2.24) is 10.2 Å². The summed E-state index contributed by atoms with van der Waals surface area (Å²) in [6.45, 7) is 0.219. The van der Waals surface area contributed by atoms with E-state index in [0.717, 1.165) is 31.2 Å². The molecule has 28 heavy (non-hydrogen) atoms. The van der Waals surface area contributed by atoms with Gasteiger partial charge in [-0.3, -0.25) is 19.3 Å². The number of imide groups is 1. The van der Waals surface area contributed by atoms with E-state index >= 15 is 0 Å². The van der Waals surface area contributed by atoms with Crippen molar-refractivity contribution in [3.8, 4) is 0 Å². The van der Waals surface area contributed by atoms with Crippen LogP contribution >= 0.6 is 0 Å². The number of nitrogens with one attached hydrogen (secondary N) is 1. The Morgan fingerprint density at radius 1 is 0.964 bits per heavy atom. The van der Waals surface area contributed by atoms with E-state index in [4.69, 9.17) is 5.73 Å². The van der Waals surface area contributed by atoms with Crippen LogP contribution in [0.5, 0.6) is 0 Å². The lowest BCUT2D eigenvalue weighted by Gasteiger charge is -2.26. The summed E-state index contributed by atoms with van der Waals surface area (Å²) in [6, 6.07) is 14.4. The van der Waals surface area contributed by atoms with Crippen LogP contribution in [-0.4, -0.2) is 34.7 Å². The van der Waals surface area contributed by atoms with Gasteiger partial charge in [-0.25, -0.2) is 0 Å². The lowest BCUT2D eigenvalue weighted by Crippen LogP contribution is -2.40. The fraction of sp³-hybridized carbons (Fsp3) is 0.318. The van der Waals surface area contributed by atoms with E-state index in [2.05, 4.69) is 5.32 Å². The molecule has 6 nitrogen and oxygen atoms in total. The molecule has 0 spiro atoms. The molecule has 144 valence electrons. The number of carbonyl (C=O) groups excluding carboxylic acids is 3. The normalized spacial score (nSPS) is 21.5. The van der Waals surface area contributed by atoms with Crippen molar-refractivity contribution >= 4 is 17.7 Å². The van der Waals surface area contributed by atoms with Gasteiger partial charge in [-0.1, -0.05) is 30.3 Å². The zero-order valence-electron chi connectivity index (χ0n) is 15.6. The van der Waals surface area contributed by atoms with Gasteiger partial charge >= 0.3 is 0 Å². The topological polar surface area (TPSA) is 92.5 Å². The number of nitrogens with two attached hydrogens (primary N) is 1. The van der Waals surface area contributed by atoms with Crippen molar-refractivity contribution in [3.05, 3.63) is 70.8 Å². The average molecular weight is 377 g/mol. The highest BCUT2D eigenvalue weighted by Crippen LogP contribution is 2.26. The Kier molecular flexibility index (Phi) is 4.96. The molecule has 2 aliphatic rings. The second kappa shape index (κ2) is 7.56. The average Bonchev–Trinajstić information content (AvgIpc) is 2.95. The van der Waals surface area contributed by atoms with Crippen LogP contribution in [0.3, 0.4) is 0 Å². The Morgan fingerprint density at radius 2 is 1.64 bits per heavy atom. The monoisotopic (exact) mass is 377 g/mol. The van der Waals surface area contributed by atoms with Crippen LogP contribution in [0.25, 0.3) is 0 Å². The molecule has 0 unspecified atom stereocenters. The number of hydrogen-bond acceptors (Lipinski definition) is 4. The van der Waals surface area contributed by atoms with E-state index in [1.807, 2.05) is 30.3 Å². The second-order valence-electron chi connectivity index (χ2n) is 7.53. The van der Waals surface area contributed by atoms with Crippen LogP contribution in [0.4, 0.5) is 0 Å². The number of hydrogen-bond donors (Lipinski definition) is 2. The first-order valence-electron chi connectivity index (χ1n) is 9.63. The molecule has 0 aromatic heterocycles. The van der Waals surface area contributed by atoms with E-state index in [0.29, 0.717) is 16.7 Å². The van der Waals surface area contributed by atoms with Crippen LogP contribution in [-0.2, 0) is 6.54 Å². The molecule has 0 saturated heterocycles. The summed E-state index contributed by atoms with van der Waals surface area (Å²) in [5.41, 5.74) is 7.83. The first-order valence-corrected chi connectivity index (χ1v) is 9.63. The zero-order chi connectivity index (χ0) is 19.7. The molecule has 1 saturated carbocycles. The first-order chi connectivity index (χ1) is 13.5. The van der Waals surface area contributed by atoms with Crippen LogP contribution < -0.4 is 11.1 Å². The molecule has 1 fully saturated rings. The highest BCUT2D eigenvalue weighted by Gasteiger charge is 2.36. The number of nitrogens with zero attached hydrogens (tertiary/aromatic N) is 1. The minimum Gasteiger partial charge on any atom is -0.349 e. The van der Waals surface area contributed by atoms with E-state index in [1.165, 1.54) is 11.0 Å². The molecule has 1 aliphatic carbocycles. The Bertz CT molecular complexity index is 918. The summed E-state index contributed by atoms with van der Waals surface area (Å²) in [5, 5.41) is 3.02. The summed E-state index contributed by atoms with van der Waals surface area (Å²) in [7, 11) is 0. The van der Waals surface area contributed by atoms with Gasteiger partial charge in [0.1, 0.15) is 0 Å². The summed E-state index contributed by atoms with van der Waals surface area (Å²) < 4.78 is 0. The number of fused-ring (bicyclic) bond motifs is 1. The SMILES string of the molecule is NC1CCC(NC(=O)c2ccc3c(c2)C(=O)N(Cc2ccccc2)C3=O)CC1. The second-order valence-corrected chi connectivity index (χ2v) is 7.53. The molecule has 0 atom stereocenters. The van der Waals surface area contributed by atoms with Gasteiger partial charge in [0.15, 0.2) is 0 Å². The van der Waals surface area contributed by atoms with Gasteiger partial charge in [0.2, 0.25) is 0 Å². The summed E-state index contributed by atoms with van der Waals surface area (Å²) in [6.07, 6.45) is 3.52. The quantitative estimate of drug-likeness (QED) is 0.801. The maximum Gasteiger partial charge on any atom is 0.261 e. The Balaban J connectivity index is 1.49. The lowest BCUT2D eigenvalue weighted by atomic mass is 9.91. The molecule has 2 aromatic rings. The first kappa shape index (κ1) is 18.4. The molecular formula is C22H23N3O3. The highest BCUT2D eigenvalue weighted by molar-refractivity contribution is 6.22. The summed E-state index contributed by atoms with van der Waals surface area (Å²) in [4.78, 5) is 39.2. The molecule has 1 aliphatic heterocycles. The Hall–Kier alpha value is -2.99. The van der Waals surface area contributed by atoms with Gasteiger partial charge < -0.3 is 11.1 Å². The highest BCUT2D eigenvalue weighted by atomic mass is 16.2. The fourth-order valence-electron chi connectivity index (χ4n) is 3.87. The fourth-order valence-corrected chi connectivity index (χ4v) is 3.87. The van der Waals surface area contributed by atoms with Gasteiger partial charge in [0, 0.05) is 17.6 Å². The lowest BCUT2D eigenvalue weighted by molar-refractivity contribution is 0.0642. The standard InChI is InChI=1S/C22H23N3O3/c23-16-7-9-17(10-8-16)24-20(26)15-6-11-18-19(12-15)22(28)25(21(18)27)13-14-4-2-1-3-5-14/h1-6,11-12,16-17H,7-10,13,23H2,(H,24,26). The van der Waals surface area contributed by atoms with Crippen LogP contribution in [0, 0.1) is 0 Å². The molecule has 3 amide bonds. The summed E-state index contributed by atoms with van der Waals surface area (Å²) in [5.74, 6) is -0.899. The third-order valence-corrected chi connectivity index (χ3v) is 5.52. The van der Waals surface area contributed by atoms with Crippen LogP contribution in [0.2, 0.25) is 0 Å². The third-order valence-electron chi connectivity index (χ3n) is 5.52. The molecule has 6 heteroatoms. The molecule has 3 N–H and O–H groups in total. The van der Waals surface area contributed by atoms with Crippen molar-refractivity contribution in [2.75, 3.05) is 0 Å². The maximum absolute atomic E-state index is 12.8. The largest absolute Gasteiger partial charge is 0.349 e. The molecule has 0 radical (unpaired) electrons. The predicted molar refractivity (Wildman–Crippen MR) is 105 cm³/mol. The minimum absolute atomic E-state index is 0.104. The smallest absolute Gasteiger partial charge is 0.261 e. The van der Waals surface area contributed by atoms with E-state index < -0.39 is 0 Å². The van der Waals surface area contributed by atoms with Crippen molar-refractivity contribution in [2.45, 2.75) is 44.3 Å². The number of benzene rings is 2. The number of rotatable bonds is 4. The van der Waals surface area contributed by atoms with Gasteiger partial charge in [-0.2, -0.15) is 0 Å². The molecule has 1 heterocycles. The van der Waals surface area contributed by atoms with E-state index in [9.17, 15) is 14.4 Å².